The molecule has 3 aromatic heterocycles. The SMILES string of the molecule is CNc1cc2nc(-c3cncc(N4CC(NC)C4)n3)ccc2cn1. The van der Waals surface area contributed by atoms with Crippen LogP contribution in [0.3, 0.4) is 0 Å². The molecule has 1 fully saturated rings. The molecule has 1 aliphatic rings. The van der Waals surface area contributed by atoms with Crippen molar-refractivity contribution < 1.29 is 0 Å². The number of hydrogen-bond acceptors (Lipinski definition) is 7. The smallest absolute Gasteiger partial charge is 0.147 e. The van der Waals surface area contributed by atoms with Gasteiger partial charge in [-0.05, 0) is 19.2 Å². The quantitative estimate of drug-likeness (QED) is 0.754. The molecule has 0 aliphatic carbocycles. The molecule has 7 heteroatoms. The van der Waals surface area contributed by atoms with Crippen LogP contribution in [0.1, 0.15) is 0 Å². The number of nitrogens with one attached hydrogen (secondary N) is 2. The summed E-state index contributed by atoms with van der Waals surface area (Å²) in [5, 5.41) is 7.30. The summed E-state index contributed by atoms with van der Waals surface area (Å²) in [7, 11) is 3.83. The number of nitrogens with zero attached hydrogens (tertiary/aromatic N) is 5. The topological polar surface area (TPSA) is 78.9 Å². The highest BCUT2D eigenvalue weighted by Crippen LogP contribution is 2.23. The molecular weight excluding hydrogens is 302 g/mol. The summed E-state index contributed by atoms with van der Waals surface area (Å²) in [4.78, 5) is 20.3. The van der Waals surface area contributed by atoms with Crippen LogP contribution < -0.4 is 15.5 Å². The van der Waals surface area contributed by atoms with Gasteiger partial charge in [0.1, 0.15) is 17.3 Å². The lowest BCUT2D eigenvalue weighted by molar-refractivity contribution is 0.447. The fourth-order valence-electron chi connectivity index (χ4n) is 2.78. The highest BCUT2D eigenvalue weighted by atomic mass is 15.3. The van der Waals surface area contributed by atoms with Gasteiger partial charge in [0, 0.05) is 43.8 Å². The van der Waals surface area contributed by atoms with Crippen molar-refractivity contribution in [2.24, 2.45) is 0 Å². The molecule has 0 unspecified atom stereocenters. The van der Waals surface area contributed by atoms with Crippen LogP contribution in [0, 0.1) is 0 Å². The highest BCUT2D eigenvalue weighted by molar-refractivity contribution is 5.82. The summed E-state index contributed by atoms with van der Waals surface area (Å²) >= 11 is 0. The van der Waals surface area contributed by atoms with Crippen LogP contribution in [0.15, 0.2) is 36.8 Å². The van der Waals surface area contributed by atoms with E-state index >= 15 is 0 Å². The Kier molecular flexibility index (Phi) is 3.70. The minimum atomic E-state index is 0.529. The van der Waals surface area contributed by atoms with E-state index in [4.69, 9.17) is 9.97 Å². The molecule has 0 aromatic carbocycles. The van der Waals surface area contributed by atoms with Gasteiger partial charge >= 0.3 is 0 Å². The van der Waals surface area contributed by atoms with E-state index in [0.717, 1.165) is 47.0 Å². The van der Waals surface area contributed by atoms with Crippen molar-refractivity contribution in [1.29, 1.82) is 0 Å². The number of aromatic nitrogens is 4. The second-order valence-electron chi connectivity index (χ2n) is 5.86. The Bertz CT molecular complexity index is 874. The summed E-state index contributed by atoms with van der Waals surface area (Å²) in [5.41, 5.74) is 2.49. The monoisotopic (exact) mass is 321 g/mol. The van der Waals surface area contributed by atoms with Crippen LogP contribution in [-0.4, -0.2) is 53.2 Å². The molecule has 4 rings (SSSR count). The number of rotatable bonds is 4. The number of pyridine rings is 2. The highest BCUT2D eigenvalue weighted by Gasteiger charge is 2.26. The van der Waals surface area contributed by atoms with E-state index in [1.807, 2.05) is 38.5 Å². The molecule has 3 aromatic rings. The van der Waals surface area contributed by atoms with Gasteiger partial charge in [-0.25, -0.2) is 15.0 Å². The molecule has 0 saturated carbocycles. The van der Waals surface area contributed by atoms with Crippen molar-refractivity contribution >= 4 is 22.5 Å². The molecule has 0 radical (unpaired) electrons. The molecule has 1 saturated heterocycles. The maximum absolute atomic E-state index is 4.73. The van der Waals surface area contributed by atoms with Crippen molar-refractivity contribution in [2.45, 2.75) is 6.04 Å². The fraction of sp³-hybridized carbons (Fsp3) is 0.294. The molecule has 0 amide bonds. The van der Waals surface area contributed by atoms with Gasteiger partial charge in [0.25, 0.3) is 0 Å². The Labute approximate surface area is 140 Å². The third-order valence-electron chi connectivity index (χ3n) is 4.33. The Morgan fingerprint density at radius 3 is 2.71 bits per heavy atom. The molecule has 0 spiro atoms. The second kappa shape index (κ2) is 6.01. The fourth-order valence-corrected chi connectivity index (χ4v) is 2.78. The lowest BCUT2D eigenvalue weighted by atomic mass is 10.1. The number of likely N-dealkylation sites (N-methyl/N-ethyl adjacent to an activating group) is 1. The van der Waals surface area contributed by atoms with Gasteiger partial charge in [0.05, 0.1) is 23.6 Å². The summed E-state index contributed by atoms with van der Waals surface area (Å²) in [5.74, 6) is 1.69. The molecular formula is C17H19N7. The molecule has 0 bridgehead atoms. The van der Waals surface area contributed by atoms with Crippen LogP contribution in [0.5, 0.6) is 0 Å². The van der Waals surface area contributed by atoms with E-state index in [1.165, 1.54) is 0 Å². The minimum Gasteiger partial charge on any atom is -0.373 e. The molecule has 122 valence electrons. The van der Waals surface area contributed by atoms with Crippen LogP contribution in [-0.2, 0) is 0 Å². The Morgan fingerprint density at radius 1 is 1.04 bits per heavy atom. The summed E-state index contributed by atoms with van der Waals surface area (Å²) in [6.45, 7) is 1.91. The molecule has 1 aliphatic heterocycles. The van der Waals surface area contributed by atoms with E-state index in [0.29, 0.717) is 6.04 Å². The summed E-state index contributed by atoms with van der Waals surface area (Å²) in [6, 6.07) is 6.44. The van der Waals surface area contributed by atoms with Gasteiger partial charge < -0.3 is 15.5 Å². The zero-order chi connectivity index (χ0) is 16.5. The number of anilines is 2. The normalized spacial score (nSPS) is 14.7. The van der Waals surface area contributed by atoms with Crippen molar-refractivity contribution in [3.63, 3.8) is 0 Å². The van der Waals surface area contributed by atoms with Gasteiger partial charge in [-0.2, -0.15) is 0 Å². The van der Waals surface area contributed by atoms with Crippen molar-refractivity contribution in [2.75, 3.05) is 37.4 Å². The van der Waals surface area contributed by atoms with Crippen LogP contribution in [0.25, 0.3) is 22.3 Å². The first kappa shape index (κ1) is 14.8. The van der Waals surface area contributed by atoms with Crippen LogP contribution in [0.4, 0.5) is 11.6 Å². The van der Waals surface area contributed by atoms with E-state index in [-0.39, 0.29) is 0 Å². The summed E-state index contributed by atoms with van der Waals surface area (Å²) < 4.78 is 0. The molecule has 7 nitrogen and oxygen atoms in total. The number of fused-ring (bicyclic) bond motifs is 1. The summed E-state index contributed by atoms with van der Waals surface area (Å²) in [6.07, 6.45) is 5.38. The van der Waals surface area contributed by atoms with Crippen LogP contribution >= 0.6 is 0 Å². The first-order valence-corrected chi connectivity index (χ1v) is 7.96. The average molecular weight is 321 g/mol. The third kappa shape index (κ3) is 2.63. The Balaban J connectivity index is 1.67. The molecule has 24 heavy (non-hydrogen) atoms. The zero-order valence-corrected chi connectivity index (χ0v) is 13.7. The predicted molar refractivity (Wildman–Crippen MR) is 95.2 cm³/mol. The van der Waals surface area contributed by atoms with E-state index < -0.39 is 0 Å². The number of hydrogen-bond donors (Lipinski definition) is 2. The first-order chi connectivity index (χ1) is 11.8. The van der Waals surface area contributed by atoms with Gasteiger partial charge in [0.15, 0.2) is 0 Å². The standard InChI is InChI=1S/C17H19N7/c1-18-12-9-24(10-12)17-8-20-7-15(23-17)13-4-3-11-6-21-16(19-2)5-14(11)22-13/h3-8,12,18H,9-10H2,1-2H3,(H,19,21). The molecule has 0 atom stereocenters. The maximum Gasteiger partial charge on any atom is 0.147 e. The lowest BCUT2D eigenvalue weighted by Gasteiger charge is -2.39. The van der Waals surface area contributed by atoms with Crippen molar-refractivity contribution in [1.82, 2.24) is 25.3 Å². The second-order valence-corrected chi connectivity index (χ2v) is 5.86. The molecule has 2 N–H and O–H groups in total. The molecule has 4 heterocycles. The zero-order valence-electron chi connectivity index (χ0n) is 13.7. The van der Waals surface area contributed by atoms with Crippen molar-refractivity contribution in [3.8, 4) is 11.4 Å². The largest absolute Gasteiger partial charge is 0.373 e. The van der Waals surface area contributed by atoms with E-state index in [2.05, 4.69) is 25.5 Å². The Hall–Kier alpha value is -2.80. The Morgan fingerprint density at radius 2 is 1.92 bits per heavy atom. The lowest BCUT2D eigenvalue weighted by Crippen LogP contribution is -2.57. The van der Waals surface area contributed by atoms with E-state index in [9.17, 15) is 0 Å². The van der Waals surface area contributed by atoms with Crippen molar-refractivity contribution in [3.05, 3.63) is 36.8 Å². The predicted octanol–water partition coefficient (Wildman–Crippen LogP) is 1.54. The minimum absolute atomic E-state index is 0.529. The van der Waals surface area contributed by atoms with Gasteiger partial charge in [-0.3, -0.25) is 4.98 Å². The first-order valence-electron chi connectivity index (χ1n) is 7.96. The third-order valence-corrected chi connectivity index (χ3v) is 4.33. The van der Waals surface area contributed by atoms with Gasteiger partial charge in [-0.15, -0.1) is 0 Å². The average Bonchev–Trinajstić information content (AvgIpc) is 2.60. The maximum atomic E-state index is 4.73. The van der Waals surface area contributed by atoms with E-state index in [1.54, 1.807) is 12.4 Å². The van der Waals surface area contributed by atoms with Gasteiger partial charge in [-0.1, -0.05) is 0 Å². The van der Waals surface area contributed by atoms with Crippen LogP contribution in [0.2, 0.25) is 0 Å². The van der Waals surface area contributed by atoms with Gasteiger partial charge in [0.2, 0.25) is 0 Å².